The highest BCUT2D eigenvalue weighted by Crippen LogP contribution is 2.32. The molecule has 6 heteroatoms. The van der Waals surface area contributed by atoms with E-state index in [4.69, 9.17) is 4.98 Å². The normalized spacial score (nSPS) is 21.3. The lowest BCUT2D eigenvalue weighted by Gasteiger charge is -2.34. The van der Waals surface area contributed by atoms with Gasteiger partial charge in [-0.2, -0.15) is 0 Å². The molecule has 6 nitrogen and oxygen atoms in total. The van der Waals surface area contributed by atoms with Crippen LogP contribution in [0.3, 0.4) is 0 Å². The number of pyridine rings is 1. The van der Waals surface area contributed by atoms with E-state index in [0.717, 1.165) is 69.8 Å². The van der Waals surface area contributed by atoms with Crippen LogP contribution in [0.2, 0.25) is 0 Å². The standard InChI is InChI=1S/C24H36N4O2/c1-18-8-9-21(23(29)25-12-17-27-13-4-5-14-27)22(26-18)19-10-15-28(16-11-19)24(30)20-6-2-3-7-20/h8-9,19-20H,2-7,10-17H2,1H3,(H,25,29). The molecular weight excluding hydrogens is 376 g/mol. The van der Waals surface area contributed by atoms with Crippen molar-refractivity contribution in [2.75, 3.05) is 39.3 Å². The van der Waals surface area contributed by atoms with Crippen LogP contribution >= 0.6 is 0 Å². The van der Waals surface area contributed by atoms with Crippen molar-refractivity contribution in [1.82, 2.24) is 20.1 Å². The van der Waals surface area contributed by atoms with Crippen LogP contribution in [0.5, 0.6) is 0 Å². The van der Waals surface area contributed by atoms with Crippen LogP contribution < -0.4 is 5.32 Å². The molecule has 0 aromatic carbocycles. The molecule has 3 heterocycles. The predicted molar refractivity (Wildman–Crippen MR) is 117 cm³/mol. The lowest BCUT2D eigenvalue weighted by Crippen LogP contribution is -2.41. The molecule has 3 aliphatic rings. The Kier molecular flexibility index (Phi) is 7.03. The average molecular weight is 413 g/mol. The van der Waals surface area contributed by atoms with Gasteiger partial charge in [0, 0.05) is 43.7 Å². The lowest BCUT2D eigenvalue weighted by molar-refractivity contribution is -0.136. The first-order valence-corrected chi connectivity index (χ1v) is 11.9. The number of nitrogens with zero attached hydrogens (tertiary/aromatic N) is 3. The summed E-state index contributed by atoms with van der Waals surface area (Å²) in [5.41, 5.74) is 2.58. The number of carbonyl (C=O) groups excluding carboxylic acids is 2. The van der Waals surface area contributed by atoms with Gasteiger partial charge in [-0.15, -0.1) is 0 Å². The summed E-state index contributed by atoms with van der Waals surface area (Å²) >= 11 is 0. The minimum atomic E-state index is -0.0128. The number of rotatable bonds is 6. The molecule has 0 atom stereocenters. The molecule has 1 aromatic heterocycles. The van der Waals surface area contributed by atoms with Gasteiger partial charge in [0.15, 0.2) is 0 Å². The Labute approximate surface area is 180 Å². The van der Waals surface area contributed by atoms with Gasteiger partial charge in [0.1, 0.15) is 0 Å². The molecule has 1 aliphatic carbocycles. The van der Waals surface area contributed by atoms with E-state index in [0.29, 0.717) is 18.0 Å². The molecule has 0 bridgehead atoms. The Bertz CT molecular complexity index is 746. The van der Waals surface area contributed by atoms with E-state index < -0.39 is 0 Å². The third kappa shape index (κ3) is 5.02. The summed E-state index contributed by atoms with van der Waals surface area (Å²) in [5, 5.41) is 3.10. The number of piperidine rings is 1. The van der Waals surface area contributed by atoms with Crippen molar-refractivity contribution >= 4 is 11.8 Å². The van der Waals surface area contributed by atoms with E-state index in [1.165, 1.54) is 25.7 Å². The fourth-order valence-corrected chi connectivity index (χ4v) is 5.31. The summed E-state index contributed by atoms with van der Waals surface area (Å²) in [6.07, 6.45) is 8.81. The van der Waals surface area contributed by atoms with Crippen molar-refractivity contribution in [3.05, 3.63) is 29.1 Å². The van der Waals surface area contributed by atoms with E-state index in [1.54, 1.807) is 0 Å². The summed E-state index contributed by atoms with van der Waals surface area (Å²) in [6, 6.07) is 3.86. The maximum Gasteiger partial charge on any atom is 0.253 e. The molecule has 0 unspecified atom stereocenters. The van der Waals surface area contributed by atoms with Crippen molar-refractivity contribution in [3.63, 3.8) is 0 Å². The molecule has 1 N–H and O–H groups in total. The van der Waals surface area contributed by atoms with Gasteiger partial charge in [0.25, 0.3) is 5.91 Å². The van der Waals surface area contributed by atoms with E-state index in [9.17, 15) is 9.59 Å². The van der Waals surface area contributed by atoms with Gasteiger partial charge in [-0.05, 0) is 70.7 Å². The summed E-state index contributed by atoms with van der Waals surface area (Å²) in [6.45, 7) is 7.44. The number of hydrogen-bond donors (Lipinski definition) is 1. The fraction of sp³-hybridized carbons (Fsp3) is 0.708. The first-order chi connectivity index (χ1) is 14.6. The smallest absolute Gasteiger partial charge is 0.253 e. The molecule has 2 saturated heterocycles. The highest BCUT2D eigenvalue weighted by atomic mass is 16.2. The zero-order chi connectivity index (χ0) is 20.9. The second kappa shape index (κ2) is 9.90. The highest BCUT2D eigenvalue weighted by Gasteiger charge is 2.32. The van der Waals surface area contributed by atoms with Crippen LogP contribution in [0.15, 0.2) is 12.1 Å². The van der Waals surface area contributed by atoms with Gasteiger partial charge in [-0.25, -0.2) is 0 Å². The summed E-state index contributed by atoms with van der Waals surface area (Å²) in [5.74, 6) is 0.830. The zero-order valence-electron chi connectivity index (χ0n) is 18.4. The second-order valence-electron chi connectivity index (χ2n) is 9.27. The van der Waals surface area contributed by atoms with Crippen LogP contribution in [0, 0.1) is 12.8 Å². The van der Waals surface area contributed by atoms with E-state index in [2.05, 4.69) is 15.1 Å². The van der Waals surface area contributed by atoms with Gasteiger partial charge in [-0.1, -0.05) is 12.8 Å². The first kappa shape index (κ1) is 21.3. The third-order valence-corrected chi connectivity index (χ3v) is 7.12. The van der Waals surface area contributed by atoms with Crippen molar-refractivity contribution in [1.29, 1.82) is 0 Å². The molecule has 3 fully saturated rings. The molecule has 164 valence electrons. The Hall–Kier alpha value is -1.95. The van der Waals surface area contributed by atoms with E-state index >= 15 is 0 Å². The van der Waals surface area contributed by atoms with Crippen LogP contribution in [0.4, 0.5) is 0 Å². The van der Waals surface area contributed by atoms with Gasteiger partial charge in [0.05, 0.1) is 11.3 Å². The number of nitrogens with one attached hydrogen (secondary N) is 1. The fourth-order valence-electron chi connectivity index (χ4n) is 5.31. The molecule has 30 heavy (non-hydrogen) atoms. The van der Waals surface area contributed by atoms with Gasteiger partial charge >= 0.3 is 0 Å². The van der Waals surface area contributed by atoms with Gasteiger partial charge < -0.3 is 15.1 Å². The van der Waals surface area contributed by atoms with Crippen molar-refractivity contribution in [2.45, 2.75) is 64.2 Å². The molecule has 0 radical (unpaired) electrons. The molecule has 1 saturated carbocycles. The first-order valence-electron chi connectivity index (χ1n) is 11.9. The van der Waals surface area contributed by atoms with Crippen molar-refractivity contribution < 1.29 is 9.59 Å². The van der Waals surface area contributed by atoms with Gasteiger partial charge in [0.2, 0.25) is 5.91 Å². The number of hydrogen-bond acceptors (Lipinski definition) is 4. The molecular formula is C24H36N4O2. The Morgan fingerprint density at radius 1 is 1.00 bits per heavy atom. The van der Waals surface area contributed by atoms with Crippen molar-refractivity contribution in [3.8, 4) is 0 Å². The topological polar surface area (TPSA) is 65.5 Å². The monoisotopic (exact) mass is 412 g/mol. The number of carbonyl (C=O) groups is 2. The van der Waals surface area contributed by atoms with E-state index in [-0.39, 0.29) is 17.7 Å². The number of aryl methyl sites for hydroxylation is 1. The molecule has 1 aromatic rings. The Morgan fingerprint density at radius 3 is 2.40 bits per heavy atom. The molecule has 2 aliphatic heterocycles. The SMILES string of the molecule is Cc1ccc(C(=O)NCCN2CCCC2)c(C2CCN(C(=O)C3CCCC3)CC2)n1. The zero-order valence-corrected chi connectivity index (χ0v) is 18.4. The third-order valence-electron chi connectivity index (χ3n) is 7.12. The summed E-state index contributed by atoms with van der Waals surface area (Å²) in [7, 11) is 0. The van der Waals surface area contributed by atoms with Gasteiger partial charge in [-0.3, -0.25) is 14.6 Å². The Balaban J connectivity index is 1.35. The number of amides is 2. The van der Waals surface area contributed by atoms with Crippen LogP contribution in [-0.4, -0.2) is 65.9 Å². The Morgan fingerprint density at radius 2 is 1.70 bits per heavy atom. The largest absolute Gasteiger partial charge is 0.351 e. The maximum absolute atomic E-state index is 12.9. The van der Waals surface area contributed by atoms with Crippen LogP contribution in [0.25, 0.3) is 0 Å². The number of aromatic nitrogens is 1. The second-order valence-corrected chi connectivity index (χ2v) is 9.27. The summed E-state index contributed by atoms with van der Waals surface area (Å²) < 4.78 is 0. The number of likely N-dealkylation sites (tertiary alicyclic amines) is 2. The van der Waals surface area contributed by atoms with Crippen LogP contribution in [-0.2, 0) is 4.79 Å². The lowest BCUT2D eigenvalue weighted by atomic mass is 9.89. The molecule has 0 spiro atoms. The highest BCUT2D eigenvalue weighted by molar-refractivity contribution is 5.95. The molecule has 4 rings (SSSR count). The summed E-state index contributed by atoms with van der Waals surface area (Å²) in [4.78, 5) is 34.9. The minimum absolute atomic E-state index is 0.0128. The van der Waals surface area contributed by atoms with E-state index in [1.807, 2.05) is 19.1 Å². The van der Waals surface area contributed by atoms with Crippen molar-refractivity contribution in [2.24, 2.45) is 5.92 Å². The predicted octanol–water partition coefficient (Wildman–Crippen LogP) is 3.11. The minimum Gasteiger partial charge on any atom is -0.351 e. The van der Waals surface area contributed by atoms with Crippen LogP contribution in [0.1, 0.15) is 79.0 Å². The maximum atomic E-state index is 12.9. The molecule has 2 amide bonds. The average Bonchev–Trinajstić information content (AvgIpc) is 3.47. The quantitative estimate of drug-likeness (QED) is 0.780.